The van der Waals surface area contributed by atoms with Gasteiger partial charge in [-0.2, -0.15) is 0 Å². The van der Waals surface area contributed by atoms with E-state index in [4.69, 9.17) is 15.0 Å². The molecule has 0 aliphatic carbocycles. The Morgan fingerprint density at radius 3 is 1.75 bits per heavy atom. The first-order valence-corrected chi connectivity index (χ1v) is 23.9. The van der Waals surface area contributed by atoms with Gasteiger partial charge in [-0.05, 0) is 91.4 Å². The van der Waals surface area contributed by atoms with Crippen LogP contribution < -0.4 is 5.19 Å². The van der Waals surface area contributed by atoms with Crippen LogP contribution in [0.25, 0.3) is 50.6 Å². The van der Waals surface area contributed by atoms with Crippen molar-refractivity contribution in [2.24, 2.45) is 0 Å². The van der Waals surface area contributed by atoms with Crippen molar-refractivity contribution >= 4 is 24.4 Å². The summed E-state index contributed by atoms with van der Waals surface area (Å²) in [5.41, 5.74) is 12.6. The smallest absolute Gasteiger partial charge is 0.165 e. The summed E-state index contributed by atoms with van der Waals surface area (Å²) in [7, 11) is -1.50. The van der Waals surface area contributed by atoms with Crippen molar-refractivity contribution in [2.45, 2.75) is 138 Å². The number of phenols is 1. The third-order valence-electron chi connectivity index (χ3n) is 11.2. The second-order valence-electron chi connectivity index (χ2n) is 20.5. The summed E-state index contributed by atoms with van der Waals surface area (Å²) < 4.78 is 2.25. The summed E-state index contributed by atoms with van der Waals surface area (Å²) in [5, 5.41) is 13.7. The fourth-order valence-electron chi connectivity index (χ4n) is 7.55. The average Bonchev–Trinajstić information content (AvgIpc) is 3.48. The van der Waals surface area contributed by atoms with Crippen LogP contribution in [0.4, 0.5) is 0 Å². The maximum absolute atomic E-state index is 12.4. The van der Waals surface area contributed by atoms with Crippen LogP contribution in [0, 0.1) is 0 Å². The minimum atomic E-state index is -1.50. The Balaban J connectivity index is 1.76. The highest BCUT2D eigenvalue weighted by Gasteiger charge is 2.31. The molecule has 3 aromatic heterocycles. The standard InChI is InChI=1S/C50H64N4OSi/c1-30(2)37-18-17-19-38(31(3)4)44(37)54-46(40-27-35(49(8,9)10)28-41(45(40)55)50(11,12)13)53-43-39(22-23-51-47(43)54)32-24-33(26-34(25-32)48(5,6)7)42-21-20-36(29-52-42)56(14,15)16/h17-31,55H,1-16H3. The average molecular weight is 765 g/mol. The lowest BCUT2D eigenvalue weighted by molar-refractivity contribution is 0.446. The summed E-state index contributed by atoms with van der Waals surface area (Å²) >= 11 is 0. The van der Waals surface area contributed by atoms with Crippen LogP contribution in [-0.4, -0.2) is 32.7 Å². The maximum Gasteiger partial charge on any atom is 0.165 e. The number of rotatable bonds is 7. The van der Waals surface area contributed by atoms with Crippen molar-refractivity contribution in [1.29, 1.82) is 0 Å². The van der Waals surface area contributed by atoms with Crippen molar-refractivity contribution in [1.82, 2.24) is 19.5 Å². The lowest BCUT2D eigenvalue weighted by Gasteiger charge is -2.28. The van der Waals surface area contributed by atoms with Crippen LogP contribution in [0.15, 0.2) is 79.1 Å². The first-order valence-electron chi connectivity index (χ1n) is 20.4. The van der Waals surface area contributed by atoms with Crippen LogP contribution in [-0.2, 0) is 16.2 Å². The van der Waals surface area contributed by atoms with Gasteiger partial charge in [0.05, 0.1) is 25.0 Å². The van der Waals surface area contributed by atoms with Gasteiger partial charge in [-0.1, -0.05) is 146 Å². The zero-order valence-electron chi connectivity index (χ0n) is 36.9. The number of fused-ring (bicyclic) bond motifs is 1. The normalized spacial score (nSPS) is 13.0. The van der Waals surface area contributed by atoms with E-state index < -0.39 is 8.07 Å². The molecule has 0 radical (unpaired) electrons. The zero-order valence-corrected chi connectivity index (χ0v) is 37.9. The van der Waals surface area contributed by atoms with Gasteiger partial charge in [0.1, 0.15) is 11.3 Å². The molecule has 0 bridgehead atoms. The molecule has 0 unspecified atom stereocenters. The molecule has 6 rings (SSSR count). The molecule has 3 aromatic carbocycles. The van der Waals surface area contributed by atoms with Gasteiger partial charge in [-0.15, -0.1) is 0 Å². The molecular formula is C50H64N4OSi. The van der Waals surface area contributed by atoms with E-state index in [1.807, 2.05) is 6.20 Å². The first-order chi connectivity index (χ1) is 25.9. The van der Waals surface area contributed by atoms with Gasteiger partial charge >= 0.3 is 0 Å². The Morgan fingerprint density at radius 1 is 0.643 bits per heavy atom. The number of imidazole rings is 1. The van der Waals surface area contributed by atoms with E-state index in [-0.39, 0.29) is 33.8 Å². The SMILES string of the molecule is CC(C)c1cccc(C(C)C)c1-n1c(-c2cc(C(C)(C)C)cc(C(C)(C)C)c2O)nc2c(-c3cc(-c4ccc([Si](C)(C)C)cn4)cc(C(C)(C)C)c3)ccnc21. The number of hydrogen-bond acceptors (Lipinski definition) is 4. The molecule has 0 fully saturated rings. The third-order valence-corrected chi connectivity index (χ3v) is 13.2. The summed E-state index contributed by atoms with van der Waals surface area (Å²) in [6.45, 7) is 36.1. The molecule has 0 aliphatic rings. The first kappa shape index (κ1) is 41.1. The van der Waals surface area contributed by atoms with Gasteiger partial charge in [-0.3, -0.25) is 9.55 Å². The van der Waals surface area contributed by atoms with E-state index in [0.29, 0.717) is 5.82 Å². The fraction of sp³-hybridized carbons (Fsp3) is 0.420. The predicted octanol–water partition coefficient (Wildman–Crippen LogP) is 13.2. The molecule has 0 aliphatic heterocycles. The van der Waals surface area contributed by atoms with E-state index in [1.165, 1.54) is 21.9 Å². The lowest BCUT2D eigenvalue weighted by atomic mass is 9.79. The van der Waals surface area contributed by atoms with Crippen LogP contribution in [0.5, 0.6) is 5.75 Å². The van der Waals surface area contributed by atoms with Gasteiger partial charge in [0.15, 0.2) is 11.5 Å². The van der Waals surface area contributed by atoms with Crippen molar-refractivity contribution < 1.29 is 5.11 Å². The molecule has 6 aromatic rings. The second-order valence-corrected chi connectivity index (χ2v) is 25.6. The number of benzene rings is 3. The number of phenolic OH excluding ortho intramolecular Hbond substituents is 1. The molecule has 0 amide bonds. The Morgan fingerprint density at radius 2 is 1.23 bits per heavy atom. The van der Waals surface area contributed by atoms with E-state index >= 15 is 0 Å². The van der Waals surface area contributed by atoms with E-state index in [1.54, 1.807) is 0 Å². The summed E-state index contributed by atoms with van der Waals surface area (Å²) in [5.74, 6) is 1.44. The van der Waals surface area contributed by atoms with Crippen molar-refractivity contribution in [3.63, 3.8) is 0 Å². The summed E-state index contributed by atoms with van der Waals surface area (Å²) in [4.78, 5) is 15.8. The van der Waals surface area contributed by atoms with E-state index in [9.17, 15) is 5.11 Å². The molecule has 0 saturated carbocycles. The van der Waals surface area contributed by atoms with Gasteiger partial charge < -0.3 is 5.11 Å². The highest BCUT2D eigenvalue weighted by Crippen LogP contribution is 2.46. The maximum atomic E-state index is 12.4. The molecule has 294 valence electrons. The number of aromatic hydroxyl groups is 1. The zero-order chi connectivity index (χ0) is 41.3. The van der Waals surface area contributed by atoms with Gasteiger partial charge in [-0.25, -0.2) is 9.97 Å². The van der Waals surface area contributed by atoms with Gasteiger partial charge in [0.25, 0.3) is 0 Å². The summed E-state index contributed by atoms with van der Waals surface area (Å²) in [6, 6.07) is 24.4. The fourth-order valence-corrected chi connectivity index (χ4v) is 8.59. The molecule has 0 spiro atoms. The quantitative estimate of drug-likeness (QED) is 0.164. The Labute approximate surface area is 337 Å². The number of hydrogen-bond donors (Lipinski definition) is 1. The van der Waals surface area contributed by atoms with Crippen LogP contribution in [0.2, 0.25) is 19.6 Å². The van der Waals surface area contributed by atoms with Crippen LogP contribution in [0.1, 0.15) is 130 Å². The Kier molecular flexibility index (Phi) is 10.6. The number of pyridine rings is 2. The molecule has 3 heterocycles. The Bertz CT molecular complexity index is 2380. The molecule has 6 heteroatoms. The highest BCUT2D eigenvalue weighted by molar-refractivity contribution is 6.88. The minimum absolute atomic E-state index is 0.107. The lowest BCUT2D eigenvalue weighted by Crippen LogP contribution is -2.37. The van der Waals surface area contributed by atoms with Crippen LogP contribution >= 0.6 is 0 Å². The predicted molar refractivity (Wildman–Crippen MR) is 242 cm³/mol. The Hall–Kier alpha value is -4.55. The van der Waals surface area contributed by atoms with Crippen molar-refractivity contribution in [3.05, 3.63) is 107 Å². The van der Waals surface area contributed by atoms with Crippen LogP contribution in [0.3, 0.4) is 0 Å². The topological polar surface area (TPSA) is 63.8 Å². The number of nitrogens with zero attached hydrogens (tertiary/aromatic N) is 4. The second kappa shape index (κ2) is 14.4. The minimum Gasteiger partial charge on any atom is -0.507 e. The van der Waals surface area contributed by atoms with Crippen molar-refractivity contribution in [2.75, 3.05) is 0 Å². The van der Waals surface area contributed by atoms with Gasteiger partial charge in [0.2, 0.25) is 0 Å². The van der Waals surface area contributed by atoms with E-state index in [2.05, 4.69) is 187 Å². The van der Waals surface area contributed by atoms with Crippen molar-refractivity contribution in [3.8, 4) is 45.2 Å². The number of para-hydroxylation sites is 1. The molecule has 5 nitrogen and oxygen atoms in total. The monoisotopic (exact) mass is 764 g/mol. The molecule has 0 saturated heterocycles. The largest absolute Gasteiger partial charge is 0.507 e. The third kappa shape index (κ3) is 7.87. The molecule has 1 N–H and O–H groups in total. The molecule has 56 heavy (non-hydrogen) atoms. The van der Waals surface area contributed by atoms with Gasteiger partial charge in [0, 0.05) is 29.1 Å². The highest BCUT2D eigenvalue weighted by atomic mass is 28.3. The molecular weight excluding hydrogens is 701 g/mol. The number of aromatic nitrogens is 4. The molecule has 0 atom stereocenters. The van der Waals surface area contributed by atoms with E-state index in [0.717, 1.165) is 55.9 Å². The summed E-state index contributed by atoms with van der Waals surface area (Å²) in [6.07, 6.45) is 4.00.